The lowest BCUT2D eigenvalue weighted by Gasteiger charge is -2.13. The van der Waals surface area contributed by atoms with Crippen molar-refractivity contribution in [2.45, 2.75) is 27.7 Å². The third-order valence-corrected chi connectivity index (χ3v) is 1.32. The molecule has 0 atom stereocenters. The third-order valence-electron chi connectivity index (χ3n) is 1.03. The maximum Gasteiger partial charge on any atom is 0.278 e. The molecule has 0 aliphatic rings. The summed E-state index contributed by atoms with van der Waals surface area (Å²) in [5.74, 6) is 0. The molecule has 0 radical (unpaired) electrons. The lowest BCUT2D eigenvalue weighted by molar-refractivity contribution is 0.229. The molecule has 0 rings (SSSR count). The fraction of sp³-hybridized carbons (Fsp3) is 0.750. The van der Waals surface area contributed by atoms with Gasteiger partial charge in [-0.3, -0.25) is 9.59 Å². The Bertz CT molecular complexity index is 158. The van der Waals surface area contributed by atoms with Crippen LogP contribution in [-0.4, -0.2) is 28.5 Å². The van der Waals surface area contributed by atoms with Gasteiger partial charge in [0, 0.05) is 13.1 Å². The van der Waals surface area contributed by atoms with Crippen LogP contribution in [0.2, 0.25) is 0 Å². The number of nitrogens with zero attached hydrogens (tertiary/aromatic N) is 1. The van der Waals surface area contributed by atoms with Gasteiger partial charge in [-0.15, -0.1) is 37.2 Å². The van der Waals surface area contributed by atoms with Gasteiger partial charge in [-0.2, -0.15) is 0 Å². The van der Waals surface area contributed by atoms with Crippen molar-refractivity contribution in [1.82, 2.24) is 4.90 Å². The Labute approximate surface area is 133 Å². The smallest absolute Gasteiger partial charge is 0.278 e. The zero-order valence-electron chi connectivity index (χ0n) is 10.4. The largest absolute Gasteiger partial charge is 0.361 e. The summed E-state index contributed by atoms with van der Waals surface area (Å²) in [5.41, 5.74) is 4.34. The number of amides is 2. The van der Waals surface area contributed by atoms with Crippen LogP contribution in [0.4, 0.5) is 9.59 Å². The minimum atomic E-state index is -0.639. The number of rotatable bonds is 2. The molecule has 0 aliphatic carbocycles. The molecule has 0 bridgehead atoms. The molecule has 9 heteroatoms. The van der Waals surface area contributed by atoms with Crippen molar-refractivity contribution in [2.24, 2.45) is 5.73 Å². The molecule has 2 N–H and O–H groups in total. The summed E-state index contributed by atoms with van der Waals surface area (Å²) in [7, 11) is 0. The number of hydrogen-bond acceptors (Lipinski definition) is 2. The van der Waals surface area contributed by atoms with Crippen LogP contribution in [0.3, 0.4) is 0 Å². The van der Waals surface area contributed by atoms with Crippen LogP contribution < -0.4 is 5.73 Å². The van der Waals surface area contributed by atoms with Crippen LogP contribution in [0.25, 0.3) is 0 Å². The molecule has 4 nitrogen and oxygen atoms in total. The van der Waals surface area contributed by atoms with Crippen molar-refractivity contribution in [3.05, 3.63) is 0 Å². The van der Waals surface area contributed by atoms with E-state index in [0.717, 1.165) is 13.1 Å². The standard InChI is InChI=1S/C5H11NOS.C2H6.CH3NOS.3ClH/c1-3-6(4-2)5(7)8;1-2;2-1(3)4;;;/h3-4H2,1-2H3,(H,7,8);1-2H3;(H3,2,3,4);3*1H. The van der Waals surface area contributed by atoms with Crippen molar-refractivity contribution in [3.8, 4) is 0 Å². The van der Waals surface area contributed by atoms with Gasteiger partial charge in [0.05, 0.1) is 0 Å². The van der Waals surface area contributed by atoms with Crippen molar-refractivity contribution in [2.75, 3.05) is 13.1 Å². The minimum Gasteiger partial charge on any atom is -0.361 e. The van der Waals surface area contributed by atoms with E-state index in [-0.39, 0.29) is 42.5 Å². The maximum absolute atomic E-state index is 10.4. The van der Waals surface area contributed by atoms with Gasteiger partial charge in [-0.05, 0) is 13.8 Å². The molecule has 0 fully saturated rings. The Balaban J connectivity index is -0.0000000296. The topological polar surface area (TPSA) is 63.4 Å². The Morgan fingerprint density at radius 3 is 1.18 bits per heavy atom. The molecule has 0 saturated carbocycles. The first kappa shape index (κ1) is 36.0. The number of primary amides is 1. The highest BCUT2D eigenvalue weighted by Gasteiger charge is 2.00. The van der Waals surface area contributed by atoms with Crippen LogP contribution in [0.15, 0.2) is 0 Å². The summed E-state index contributed by atoms with van der Waals surface area (Å²) in [6, 6.07) is 0. The number of thiol groups is 2. The van der Waals surface area contributed by atoms with E-state index < -0.39 is 5.24 Å². The van der Waals surface area contributed by atoms with Crippen molar-refractivity contribution in [3.63, 3.8) is 0 Å². The average Bonchev–Trinajstić information content (AvgIpc) is 2.08. The highest BCUT2D eigenvalue weighted by molar-refractivity contribution is 7.96. The lowest BCUT2D eigenvalue weighted by Crippen LogP contribution is -2.24. The Morgan fingerprint density at radius 1 is 1.00 bits per heavy atom. The summed E-state index contributed by atoms with van der Waals surface area (Å²) in [5, 5.41) is -0.782. The fourth-order valence-corrected chi connectivity index (χ4v) is 0.777. The Morgan fingerprint density at radius 2 is 1.18 bits per heavy atom. The van der Waals surface area contributed by atoms with Gasteiger partial charge in [-0.1, -0.05) is 39.1 Å². The van der Waals surface area contributed by atoms with Crippen molar-refractivity contribution >= 4 is 73.0 Å². The van der Waals surface area contributed by atoms with Gasteiger partial charge < -0.3 is 10.6 Å². The molecule has 0 aliphatic heterocycles. The van der Waals surface area contributed by atoms with Gasteiger partial charge in [0.1, 0.15) is 0 Å². The predicted octanol–water partition coefficient (Wildman–Crippen LogP) is 3.66. The predicted molar refractivity (Wildman–Crippen MR) is 89.0 cm³/mol. The van der Waals surface area contributed by atoms with Gasteiger partial charge in [0.2, 0.25) is 0 Å². The van der Waals surface area contributed by atoms with Crippen LogP contribution in [0.5, 0.6) is 0 Å². The molecular formula is C8H23Cl3N2O2S2. The second-order valence-corrected chi connectivity index (χ2v) is 2.62. The quantitative estimate of drug-likeness (QED) is 0.666. The van der Waals surface area contributed by atoms with E-state index in [1.807, 2.05) is 27.7 Å². The van der Waals surface area contributed by atoms with Gasteiger partial charge in [0.15, 0.2) is 0 Å². The summed E-state index contributed by atoms with van der Waals surface area (Å²) in [6.07, 6.45) is 0. The third kappa shape index (κ3) is 48.0. The van der Waals surface area contributed by atoms with Gasteiger partial charge >= 0.3 is 0 Å². The first-order valence-corrected chi connectivity index (χ1v) is 5.31. The van der Waals surface area contributed by atoms with E-state index >= 15 is 0 Å². The maximum atomic E-state index is 10.4. The van der Waals surface area contributed by atoms with Crippen LogP contribution in [-0.2, 0) is 0 Å². The molecule has 0 spiro atoms. The number of carbonyl (C=O) groups excluding carboxylic acids is 2. The number of nitrogens with two attached hydrogens (primary N) is 1. The van der Waals surface area contributed by atoms with E-state index in [1.54, 1.807) is 4.90 Å². The van der Waals surface area contributed by atoms with E-state index in [1.165, 1.54) is 0 Å². The summed E-state index contributed by atoms with van der Waals surface area (Å²) < 4.78 is 0. The number of hydrogen-bond donors (Lipinski definition) is 3. The zero-order valence-corrected chi connectivity index (χ0v) is 14.6. The average molecular weight is 350 g/mol. The number of halogens is 3. The highest BCUT2D eigenvalue weighted by Crippen LogP contribution is 1.92. The molecule has 17 heavy (non-hydrogen) atoms. The SMILES string of the molecule is CC.CCN(CC)C(=O)S.Cl.Cl.Cl.NC(=O)S. The highest BCUT2D eigenvalue weighted by atomic mass is 35.5. The minimum absolute atomic E-state index is 0. The van der Waals surface area contributed by atoms with E-state index in [0.29, 0.717) is 0 Å². The normalized spacial score (nSPS) is 6.00. The molecular weight excluding hydrogens is 327 g/mol. The molecule has 0 heterocycles. The van der Waals surface area contributed by atoms with Gasteiger partial charge in [-0.25, -0.2) is 0 Å². The van der Waals surface area contributed by atoms with E-state index in [9.17, 15) is 4.79 Å². The lowest BCUT2D eigenvalue weighted by atomic mass is 10.6. The molecule has 110 valence electrons. The van der Waals surface area contributed by atoms with Crippen LogP contribution in [0, 0.1) is 0 Å². The van der Waals surface area contributed by atoms with Crippen molar-refractivity contribution in [1.29, 1.82) is 0 Å². The Kier molecular flexibility index (Phi) is 63.5. The summed E-state index contributed by atoms with van der Waals surface area (Å²) >= 11 is 6.75. The Hall–Kier alpha value is 0.510. The second-order valence-electron chi connectivity index (χ2n) is 1.79. The molecule has 0 unspecified atom stereocenters. The summed E-state index contributed by atoms with van der Waals surface area (Å²) in [6.45, 7) is 9.35. The molecule has 0 saturated heterocycles. The zero-order chi connectivity index (χ0) is 12.1. The van der Waals surface area contributed by atoms with E-state index in [2.05, 4.69) is 31.0 Å². The van der Waals surface area contributed by atoms with Crippen LogP contribution >= 0.6 is 62.5 Å². The van der Waals surface area contributed by atoms with Crippen LogP contribution in [0.1, 0.15) is 27.7 Å². The summed E-state index contributed by atoms with van der Waals surface area (Å²) in [4.78, 5) is 21.1. The molecule has 0 aromatic rings. The first-order valence-electron chi connectivity index (χ1n) is 4.41. The van der Waals surface area contributed by atoms with E-state index in [4.69, 9.17) is 4.79 Å². The molecule has 0 aromatic heterocycles. The molecule has 0 aromatic carbocycles. The molecule has 2 amide bonds. The number of carbonyl (C=O) groups is 2. The first-order chi connectivity index (χ1) is 6.45. The van der Waals surface area contributed by atoms with Gasteiger partial charge in [0.25, 0.3) is 10.5 Å². The monoisotopic (exact) mass is 348 g/mol. The fourth-order valence-electron chi connectivity index (χ4n) is 0.494. The second kappa shape index (κ2) is 30.0. The van der Waals surface area contributed by atoms with Crippen molar-refractivity contribution < 1.29 is 9.59 Å².